The highest BCUT2D eigenvalue weighted by atomic mass is 32.2. The van der Waals surface area contributed by atoms with E-state index in [2.05, 4.69) is 6.92 Å². The highest BCUT2D eigenvalue weighted by Crippen LogP contribution is 2.06. The molecule has 0 aromatic carbocycles. The SMILES string of the molecule is CCSCCSCC(O)O. The van der Waals surface area contributed by atoms with Gasteiger partial charge < -0.3 is 10.2 Å². The molecule has 0 radical (unpaired) electrons. The Bertz CT molecular complexity index is 68.8. The van der Waals surface area contributed by atoms with Gasteiger partial charge in [-0.05, 0) is 5.75 Å². The summed E-state index contributed by atoms with van der Waals surface area (Å²) in [7, 11) is 0. The molecule has 2 nitrogen and oxygen atoms in total. The van der Waals surface area contributed by atoms with Gasteiger partial charge in [-0.3, -0.25) is 0 Å². The van der Waals surface area contributed by atoms with E-state index >= 15 is 0 Å². The van der Waals surface area contributed by atoms with Gasteiger partial charge in [0.2, 0.25) is 0 Å². The maximum Gasteiger partial charge on any atom is 0.160 e. The van der Waals surface area contributed by atoms with Crippen LogP contribution < -0.4 is 0 Å². The van der Waals surface area contributed by atoms with Crippen LogP contribution in [0.1, 0.15) is 6.92 Å². The largest absolute Gasteiger partial charge is 0.367 e. The first-order valence-corrected chi connectivity index (χ1v) is 5.60. The summed E-state index contributed by atoms with van der Waals surface area (Å²) in [6.45, 7) is 2.12. The van der Waals surface area contributed by atoms with E-state index in [1.165, 1.54) is 0 Å². The van der Waals surface area contributed by atoms with Crippen LogP contribution >= 0.6 is 23.5 Å². The van der Waals surface area contributed by atoms with Crippen molar-refractivity contribution < 1.29 is 10.2 Å². The standard InChI is InChI=1S/C6H14O2S2/c1-2-9-3-4-10-5-6(7)8/h6-8H,2-5H2,1H3. The zero-order valence-electron chi connectivity index (χ0n) is 6.12. The minimum absolute atomic E-state index is 0.435. The Kier molecular flexibility index (Phi) is 8.20. The minimum atomic E-state index is -1.14. The molecule has 4 heteroatoms. The molecule has 0 atom stereocenters. The third kappa shape index (κ3) is 8.62. The Hall–Kier alpha value is 0.620. The number of aliphatic hydroxyl groups excluding tert-OH is 1. The molecule has 0 saturated carbocycles. The Morgan fingerprint density at radius 3 is 2.30 bits per heavy atom. The predicted octanol–water partition coefficient (Wildman–Crippen LogP) is 0.783. The highest BCUT2D eigenvalue weighted by Gasteiger charge is 1.95. The van der Waals surface area contributed by atoms with Crippen molar-refractivity contribution in [1.29, 1.82) is 0 Å². The first-order valence-electron chi connectivity index (χ1n) is 3.29. The molecule has 2 N–H and O–H groups in total. The fraction of sp³-hybridized carbons (Fsp3) is 1.00. The molecule has 0 aliphatic heterocycles. The zero-order chi connectivity index (χ0) is 7.82. The number of hydrogen-bond donors (Lipinski definition) is 2. The maximum absolute atomic E-state index is 8.44. The van der Waals surface area contributed by atoms with Crippen LogP contribution in [0.4, 0.5) is 0 Å². The molecule has 0 rings (SSSR count). The Morgan fingerprint density at radius 2 is 1.80 bits per heavy atom. The summed E-state index contributed by atoms with van der Waals surface area (Å²) in [5, 5.41) is 16.9. The second kappa shape index (κ2) is 7.72. The molecule has 0 saturated heterocycles. The Balaban J connectivity index is 2.77. The van der Waals surface area contributed by atoms with E-state index in [1.807, 2.05) is 11.8 Å². The van der Waals surface area contributed by atoms with Crippen LogP contribution in [0.2, 0.25) is 0 Å². The van der Waals surface area contributed by atoms with E-state index < -0.39 is 6.29 Å². The molecule has 0 aromatic heterocycles. The molecule has 10 heavy (non-hydrogen) atoms. The predicted molar refractivity (Wildman–Crippen MR) is 48.5 cm³/mol. The fourth-order valence-electron chi connectivity index (χ4n) is 0.451. The number of hydrogen-bond acceptors (Lipinski definition) is 4. The number of rotatable bonds is 6. The van der Waals surface area contributed by atoms with Crippen molar-refractivity contribution in [2.75, 3.05) is 23.0 Å². The summed E-state index contributed by atoms with van der Waals surface area (Å²) in [6, 6.07) is 0. The van der Waals surface area contributed by atoms with Crippen molar-refractivity contribution in [3.05, 3.63) is 0 Å². The quantitative estimate of drug-likeness (QED) is 0.470. The van der Waals surface area contributed by atoms with Crippen molar-refractivity contribution >= 4 is 23.5 Å². The van der Waals surface area contributed by atoms with E-state index in [-0.39, 0.29) is 0 Å². The molecule has 62 valence electrons. The van der Waals surface area contributed by atoms with E-state index in [4.69, 9.17) is 10.2 Å². The molecule has 0 fully saturated rings. The van der Waals surface area contributed by atoms with Gasteiger partial charge in [0, 0.05) is 17.3 Å². The first kappa shape index (κ1) is 10.6. The smallest absolute Gasteiger partial charge is 0.160 e. The van der Waals surface area contributed by atoms with Gasteiger partial charge in [-0.1, -0.05) is 6.92 Å². The topological polar surface area (TPSA) is 40.5 Å². The summed E-state index contributed by atoms with van der Waals surface area (Å²) in [4.78, 5) is 0. The molecule has 0 heterocycles. The van der Waals surface area contributed by atoms with Gasteiger partial charge in [0.05, 0.1) is 0 Å². The maximum atomic E-state index is 8.44. The van der Waals surface area contributed by atoms with Gasteiger partial charge in [0.25, 0.3) is 0 Å². The summed E-state index contributed by atoms with van der Waals surface area (Å²) < 4.78 is 0. The normalized spacial score (nSPS) is 10.8. The van der Waals surface area contributed by atoms with Crippen LogP contribution in [-0.4, -0.2) is 39.5 Å². The van der Waals surface area contributed by atoms with Gasteiger partial charge in [-0.25, -0.2) is 0 Å². The third-order valence-electron chi connectivity index (χ3n) is 0.843. The average Bonchev–Trinajstić information content (AvgIpc) is 1.87. The number of thioether (sulfide) groups is 2. The summed E-state index contributed by atoms with van der Waals surface area (Å²) in [5.74, 6) is 3.69. The van der Waals surface area contributed by atoms with E-state index in [0.717, 1.165) is 17.3 Å². The van der Waals surface area contributed by atoms with Gasteiger partial charge in [0.15, 0.2) is 6.29 Å². The van der Waals surface area contributed by atoms with Crippen LogP contribution in [0.3, 0.4) is 0 Å². The van der Waals surface area contributed by atoms with Crippen LogP contribution in [0.5, 0.6) is 0 Å². The van der Waals surface area contributed by atoms with Gasteiger partial charge in [-0.15, -0.1) is 0 Å². The van der Waals surface area contributed by atoms with E-state index in [1.54, 1.807) is 11.8 Å². The lowest BCUT2D eigenvalue weighted by Crippen LogP contribution is -2.07. The van der Waals surface area contributed by atoms with Crippen molar-refractivity contribution in [3.63, 3.8) is 0 Å². The van der Waals surface area contributed by atoms with Crippen LogP contribution in [0.25, 0.3) is 0 Å². The molecule has 0 aromatic rings. The lowest BCUT2D eigenvalue weighted by Gasteiger charge is -2.01. The van der Waals surface area contributed by atoms with Crippen LogP contribution in [0, 0.1) is 0 Å². The van der Waals surface area contributed by atoms with Crippen molar-refractivity contribution in [2.45, 2.75) is 13.2 Å². The molecule has 0 unspecified atom stereocenters. The monoisotopic (exact) mass is 182 g/mol. The van der Waals surface area contributed by atoms with Crippen LogP contribution in [-0.2, 0) is 0 Å². The summed E-state index contributed by atoms with van der Waals surface area (Å²) in [6.07, 6.45) is -1.14. The second-order valence-corrected chi connectivity index (χ2v) is 4.30. The fourth-order valence-corrected chi connectivity index (χ4v) is 2.06. The average molecular weight is 182 g/mol. The molecule has 0 aliphatic carbocycles. The molecular formula is C6H14O2S2. The molecule has 0 amide bonds. The summed E-state index contributed by atoms with van der Waals surface area (Å²) in [5.41, 5.74) is 0. The van der Waals surface area contributed by atoms with Gasteiger partial charge >= 0.3 is 0 Å². The Labute approximate surface area is 70.4 Å². The van der Waals surface area contributed by atoms with Crippen molar-refractivity contribution in [3.8, 4) is 0 Å². The van der Waals surface area contributed by atoms with Crippen LogP contribution in [0.15, 0.2) is 0 Å². The van der Waals surface area contributed by atoms with Gasteiger partial charge in [0.1, 0.15) is 0 Å². The first-order chi connectivity index (χ1) is 4.77. The second-order valence-electron chi connectivity index (χ2n) is 1.75. The lowest BCUT2D eigenvalue weighted by molar-refractivity contribution is -0.0186. The van der Waals surface area contributed by atoms with Crippen molar-refractivity contribution in [1.82, 2.24) is 0 Å². The molecule has 0 bridgehead atoms. The molecule has 0 spiro atoms. The molecular weight excluding hydrogens is 168 g/mol. The van der Waals surface area contributed by atoms with Crippen molar-refractivity contribution in [2.24, 2.45) is 0 Å². The minimum Gasteiger partial charge on any atom is -0.367 e. The lowest BCUT2D eigenvalue weighted by atomic mass is 10.8. The van der Waals surface area contributed by atoms with E-state index in [0.29, 0.717) is 5.75 Å². The van der Waals surface area contributed by atoms with Gasteiger partial charge in [-0.2, -0.15) is 23.5 Å². The Morgan fingerprint density at radius 1 is 1.20 bits per heavy atom. The zero-order valence-corrected chi connectivity index (χ0v) is 7.75. The summed E-state index contributed by atoms with van der Waals surface area (Å²) >= 11 is 3.46. The highest BCUT2D eigenvalue weighted by molar-refractivity contribution is 8.02. The van der Waals surface area contributed by atoms with E-state index in [9.17, 15) is 0 Å². The third-order valence-corrected chi connectivity index (χ3v) is 3.03. The number of aliphatic hydroxyl groups is 2. The molecule has 0 aliphatic rings.